The molecular weight excluding hydrogens is 276 g/mol. The van der Waals surface area contributed by atoms with Crippen LogP contribution >= 0.6 is 0 Å². The molecule has 6 heteroatoms. The number of carbonyl (C=O) groups is 3. The summed E-state index contributed by atoms with van der Waals surface area (Å²) in [5, 5.41) is 0. The number of hydrogen-bond acceptors (Lipinski definition) is 6. The summed E-state index contributed by atoms with van der Waals surface area (Å²) in [6.45, 7) is 6.07. The average molecular weight is 300 g/mol. The summed E-state index contributed by atoms with van der Waals surface area (Å²) in [6.07, 6.45) is 2.56. The summed E-state index contributed by atoms with van der Waals surface area (Å²) in [5.74, 6) is -1.14. The number of esters is 3. The Morgan fingerprint density at radius 3 is 2.10 bits per heavy atom. The van der Waals surface area contributed by atoms with Gasteiger partial charge in [0.25, 0.3) is 0 Å². The minimum Gasteiger partial charge on any atom is -0.466 e. The van der Waals surface area contributed by atoms with Gasteiger partial charge in [-0.2, -0.15) is 0 Å². The maximum Gasteiger partial charge on any atom is 0.333 e. The summed E-state index contributed by atoms with van der Waals surface area (Å²) in [4.78, 5) is 33.2. The molecule has 0 spiro atoms. The van der Waals surface area contributed by atoms with Crippen molar-refractivity contribution in [3.8, 4) is 0 Å². The van der Waals surface area contributed by atoms with Crippen molar-refractivity contribution < 1.29 is 28.6 Å². The molecule has 0 aromatic heterocycles. The van der Waals surface area contributed by atoms with Crippen molar-refractivity contribution in [2.75, 3.05) is 7.11 Å². The smallest absolute Gasteiger partial charge is 0.333 e. The maximum absolute atomic E-state index is 11.2. The van der Waals surface area contributed by atoms with E-state index >= 15 is 0 Å². The monoisotopic (exact) mass is 300 g/mol. The highest BCUT2D eigenvalue weighted by Gasteiger charge is 2.17. The molecule has 0 saturated carbocycles. The van der Waals surface area contributed by atoms with Gasteiger partial charge in [-0.05, 0) is 26.7 Å². The van der Waals surface area contributed by atoms with Crippen LogP contribution in [0.4, 0.5) is 0 Å². The lowest BCUT2D eigenvalue weighted by molar-refractivity contribution is -0.152. The molecule has 0 bridgehead atoms. The Hall–Kier alpha value is -1.85. The third-order valence-corrected chi connectivity index (χ3v) is 2.74. The first kappa shape index (κ1) is 19.1. The van der Waals surface area contributed by atoms with Gasteiger partial charge in [0.05, 0.1) is 7.11 Å². The minimum absolute atomic E-state index is 0.336. The predicted octanol–water partition coefficient (Wildman–Crippen LogP) is 2.16. The second kappa shape index (κ2) is 9.96. The van der Waals surface area contributed by atoms with Gasteiger partial charge in [0.2, 0.25) is 0 Å². The molecule has 0 radical (unpaired) electrons. The van der Waals surface area contributed by atoms with Gasteiger partial charge >= 0.3 is 17.9 Å². The van der Waals surface area contributed by atoms with Crippen molar-refractivity contribution in [1.29, 1.82) is 0 Å². The lowest BCUT2D eigenvalue weighted by Crippen LogP contribution is -2.24. The molecule has 0 rings (SSSR count). The van der Waals surface area contributed by atoms with Gasteiger partial charge in [0, 0.05) is 25.8 Å². The maximum atomic E-state index is 11.2. The fraction of sp³-hybridized carbons (Fsp3) is 0.667. The first-order valence-corrected chi connectivity index (χ1v) is 6.85. The zero-order chi connectivity index (χ0) is 16.4. The van der Waals surface area contributed by atoms with E-state index in [0.29, 0.717) is 24.8 Å². The highest BCUT2D eigenvalue weighted by Crippen LogP contribution is 2.14. The number of carbonyl (C=O) groups excluding carboxylic acids is 3. The molecule has 0 fully saturated rings. The molecule has 0 aliphatic heterocycles. The lowest BCUT2D eigenvalue weighted by atomic mass is 10.1. The number of ether oxygens (including phenoxy) is 3. The Morgan fingerprint density at radius 2 is 1.62 bits per heavy atom. The van der Waals surface area contributed by atoms with Gasteiger partial charge in [-0.15, -0.1) is 0 Å². The number of hydrogen-bond donors (Lipinski definition) is 0. The van der Waals surface area contributed by atoms with Gasteiger partial charge in [-0.25, -0.2) is 4.79 Å². The zero-order valence-electron chi connectivity index (χ0n) is 13.3. The third-order valence-electron chi connectivity index (χ3n) is 2.74. The molecule has 0 N–H and O–H groups in total. The van der Waals surface area contributed by atoms with Crippen molar-refractivity contribution in [3.63, 3.8) is 0 Å². The first-order chi connectivity index (χ1) is 9.76. The van der Waals surface area contributed by atoms with Gasteiger partial charge < -0.3 is 14.2 Å². The second-order valence-electron chi connectivity index (χ2n) is 4.84. The van der Waals surface area contributed by atoms with Crippen LogP contribution in [-0.4, -0.2) is 37.2 Å². The van der Waals surface area contributed by atoms with Crippen molar-refractivity contribution in [3.05, 3.63) is 11.6 Å². The predicted molar refractivity (Wildman–Crippen MR) is 76.4 cm³/mol. The topological polar surface area (TPSA) is 78.9 Å². The standard InChI is InChI=1S/C15H24O6/c1-10(15(18)19-5)7-6-8-14(21-13(4)17)9-11(2)20-12(3)16/h7,11,14H,6,8-9H2,1-5H3/b10-7+. The molecular formula is C15H24O6. The summed E-state index contributed by atoms with van der Waals surface area (Å²) in [5.41, 5.74) is 0.507. The van der Waals surface area contributed by atoms with Crippen molar-refractivity contribution in [2.24, 2.45) is 0 Å². The van der Waals surface area contributed by atoms with Crippen LogP contribution in [0, 0.1) is 0 Å². The molecule has 2 atom stereocenters. The first-order valence-electron chi connectivity index (χ1n) is 6.85. The molecule has 0 amide bonds. The van der Waals surface area contributed by atoms with E-state index in [1.165, 1.54) is 21.0 Å². The second-order valence-corrected chi connectivity index (χ2v) is 4.84. The number of rotatable bonds is 8. The molecule has 0 aromatic carbocycles. The van der Waals surface area contributed by atoms with E-state index in [0.717, 1.165) is 0 Å². The Bertz CT molecular complexity index is 399. The summed E-state index contributed by atoms with van der Waals surface area (Å²) < 4.78 is 14.8. The van der Waals surface area contributed by atoms with Gasteiger partial charge in [-0.1, -0.05) is 6.08 Å². The Morgan fingerprint density at radius 1 is 1.05 bits per heavy atom. The van der Waals surface area contributed by atoms with Crippen LogP contribution in [0.2, 0.25) is 0 Å². The quantitative estimate of drug-likeness (QED) is 0.388. The van der Waals surface area contributed by atoms with Crippen LogP contribution in [0.3, 0.4) is 0 Å². The molecule has 6 nitrogen and oxygen atoms in total. The summed E-state index contributed by atoms with van der Waals surface area (Å²) >= 11 is 0. The summed E-state index contributed by atoms with van der Waals surface area (Å²) in [7, 11) is 1.32. The van der Waals surface area contributed by atoms with Crippen LogP contribution in [0.5, 0.6) is 0 Å². The number of methoxy groups -OCH3 is 1. The molecule has 2 unspecified atom stereocenters. The zero-order valence-corrected chi connectivity index (χ0v) is 13.3. The van der Waals surface area contributed by atoms with E-state index in [9.17, 15) is 14.4 Å². The fourth-order valence-corrected chi connectivity index (χ4v) is 1.89. The Labute approximate surface area is 125 Å². The van der Waals surface area contributed by atoms with E-state index in [4.69, 9.17) is 9.47 Å². The van der Waals surface area contributed by atoms with Gasteiger partial charge in [0.15, 0.2) is 0 Å². The fourth-order valence-electron chi connectivity index (χ4n) is 1.89. The van der Waals surface area contributed by atoms with Gasteiger partial charge in [-0.3, -0.25) is 9.59 Å². The van der Waals surface area contributed by atoms with Crippen LogP contribution in [-0.2, 0) is 28.6 Å². The number of allylic oxidation sites excluding steroid dienone is 1. The molecule has 120 valence electrons. The van der Waals surface area contributed by atoms with Gasteiger partial charge in [0.1, 0.15) is 12.2 Å². The van der Waals surface area contributed by atoms with E-state index in [1.807, 2.05) is 0 Å². The van der Waals surface area contributed by atoms with E-state index in [-0.39, 0.29) is 30.1 Å². The Kier molecular flexibility index (Phi) is 9.08. The molecule has 0 aliphatic rings. The largest absolute Gasteiger partial charge is 0.466 e. The average Bonchev–Trinajstić information content (AvgIpc) is 2.35. The SMILES string of the molecule is COC(=O)/C(C)=C/CCC(CC(C)OC(C)=O)OC(C)=O. The molecule has 0 aromatic rings. The van der Waals surface area contributed by atoms with Crippen molar-refractivity contribution in [1.82, 2.24) is 0 Å². The molecule has 0 saturated heterocycles. The minimum atomic E-state index is -0.385. The van der Waals surface area contributed by atoms with Crippen LogP contribution < -0.4 is 0 Å². The third kappa shape index (κ3) is 9.65. The van der Waals surface area contributed by atoms with Crippen LogP contribution in [0.25, 0.3) is 0 Å². The Balaban J connectivity index is 4.46. The lowest BCUT2D eigenvalue weighted by Gasteiger charge is -2.20. The highest BCUT2D eigenvalue weighted by molar-refractivity contribution is 5.87. The van der Waals surface area contributed by atoms with Crippen molar-refractivity contribution >= 4 is 17.9 Å². The normalized spacial score (nSPS) is 14.0. The molecule has 0 heterocycles. The molecule has 0 aliphatic carbocycles. The highest BCUT2D eigenvalue weighted by atomic mass is 16.6. The van der Waals surface area contributed by atoms with E-state index in [2.05, 4.69) is 4.74 Å². The van der Waals surface area contributed by atoms with E-state index < -0.39 is 0 Å². The van der Waals surface area contributed by atoms with Crippen molar-refractivity contribution in [2.45, 2.75) is 59.2 Å². The van der Waals surface area contributed by atoms with E-state index in [1.54, 1.807) is 19.9 Å². The van der Waals surface area contributed by atoms with Crippen LogP contribution in [0.15, 0.2) is 11.6 Å². The summed E-state index contributed by atoms with van der Waals surface area (Å²) in [6, 6.07) is 0. The molecule has 21 heavy (non-hydrogen) atoms. The van der Waals surface area contributed by atoms with Crippen LogP contribution in [0.1, 0.15) is 47.0 Å².